The van der Waals surface area contributed by atoms with Gasteiger partial charge in [0.25, 0.3) is 0 Å². The zero-order valence-electron chi connectivity index (χ0n) is 15.0. The second kappa shape index (κ2) is 7.51. The molecule has 8 nitrogen and oxygen atoms in total. The average molecular weight is 378 g/mol. The van der Waals surface area contributed by atoms with Gasteiger partial charge in [-0.3, -0.25) is 9.59 Å². The average Bonchev–Trinajstić information content (AvgIpc) is 3.28. The minimum absolute atomic E-state index is 0.0751. The van der Waals surface area contributed by atoms with Gasteiger partial charge in [-0.2, -0.15) is 4.68 Å². The van der Waals surface area contributed by atoms with Crippen LogP contribution in [-0.2, 0) is 16.1 Å². The van der Waals surface area contributed by atoms with Crippen molar-refractivity contribution in [3.63, 3.8) is 0 Å². The Morgan fingerprint density at radius 2 is 1.93 bits per heavy atom. The molecule has 28 heavy (non-hydrogen) atoms. The molecule has 0 aliphatic carbocycles. The van der Waals surface area contributed by atoms with Crippen molar-refractivity contribution in [1.29, 1.82) is 0 Å². The summed E-state index contributed by atoms with van der Waals surface area (Å²) in [4.78, 5) is 37.9. The second-order valence-corrected chi connectivity index (χ2v) is 6.44. The topological polar surface area (TPSA) is 97.4 Å². The Labute approximate surface area is 160 Å². The van der Waals surface area contributed by atoms with E-state index in [0.29, 0.717) is 24.2 Å². The van der Waals surface area contributed by atoms with Crippen LogP contribution in [-0.4, -0.2) is 28.1 Å². The number of benzene rings is 2. The molecule has 3 aromatic rings. The number of aromatic nitrogens is 2. The molecule has 142 valence electrons. The van der Waals surface area contributed by atoms with Crippen LogP contribution < -0.4 is 16.0 Å². The summed E-state index contributed by atoms with van der Waals surface area (Å²) >= 11 is 0. The highest BCUT2D eigenvalue weighted by atomic mass is 16.4. The van der Waals surface area contributed by atoms with E-state index in [-0.39, 0.29) is 18.3 Å². The van der Waals surface area contributed by atoms with E-state index in [9.17, 15) is 14.4 Å². The molecule has 0 saturated carbocycles. The summed E-state index contributed by atoms with van der Waals surface area (Å²) in [6.07, 6.45) is 1.36. The first-order valence-corrected chi connectivity index (χ1v) is 8.94. The fourth-order valence-corrected chi connectivity index (χ4v) is 3.11. The lowest BCUT2D eigenvalue weighted by atomic mass is 10.2. The summed E-state index contributed by atoms with van der Waals surface area (Å²) in [7, 11) is 0. The van der Waals surface area contributed by atoms with E-state index in [4.69, 9.17) is 4.42 Å². The summed E-state index contributed by atoms with van der Waals surface area (Å²) in [5.74, 6) is -0.885. The Balaban J connectivity index is 1.46. The maximum atomic E-state index is 12.3. The fourth-order valence-electron chi connectivity index (χ4n) is 3.11. The van der Waals surface area contributed by atoms with Gasteiger partial charge in [-0.05, 0) is 36.8 Å². The molecule has 1 fully saturated rings. The molecule has 4 rings (SSSR count). The molecule has 1 aromatic heterocycles. The molecule has 8 heteroatoms. The largest absolute Gasteiger partial charge is 0.437 e. The molecule has 0 unspecified atom stereocenters. The van der Waals surface area contributed by atoms with E-state index >= 15 is 0 Å². The number of nitrogens with one attached hydrogen (secondary N) is 1. The minimum atomic E-state index is -0.703. The van der Waals surface area contributed by atoms with E-state index in [0.717, 1.165) is 16.8 Å². The van der Waals surface area contributed by atoms with Gasteiger partial charge in [0.15, 0.2) is 0 Å². The van der Waals surface area contributed by atoms with Crippen molar-refractivity contribution in [3.05, 3.63) is 65.1 Å². The van der Waals surface area contributed by atoms with Gasteiger partial charge in [0.05, 0.1) is 0 Å². The first-order chi connectivity index (χ1) is 13.6. The minimum Gasteiger partial charge on any atom is -0.388 e. The van der Waals surface area contributed by atoms with Crippen molar-refractivity contribution in [2.45, 2.75) is 19.4 Å². The highest BCUT2D eigenvalue weighted by molar-refractivity contribution is 5.97. The summed E-state index contributed by atoms with van der Waals surface area (Å²) in [5, 5.41) is 6.80. The van der Waals surface area contributed by atoms with Crippen LogP contribution in [0.25, 0.3) is 11.5 Å². The maximum absolute atomic E-state index is 12.3. The molecule has 2 aromatic carbocycles. The number of rotatable bonds is 5. The summed E-state index contributed by atoms with van der Waals surface area (Å²) in [6, 6.07) is 16.0. The number of hydrogen-bond donors (Lipinski definition) is 1. The molecule has 1 aliphatic heterocycles. The standard InChI is InChI=1S/C20H18N4O4/c25-17(13-24-20(27)28-19(22-24)14-6-2-1-3-7-14)21-15-8-4-9-16(12-15)23-11-5-10-18(23)26/h1-4,6-9,12H,5,10-11,13H2,(H,21,25). The normalized spacial score (nSPS) is 13.7. The fraction of sp³-hybridized carbons (Fsp3) is 0.200. The number of anilines is 2. The van der Waals surface area contributed by atoms with Gasteiger partial charge in [-0.25, -0.2) is 4.79 Å². The van der Waals surface area contributed by atoms with Crippen LogP contribution in [0, 0.1) is 0 Å². The molecule has 2 heterocycles. The molecule has 1 saturated heterocycles. The molecule has 1 aliphatic rings. The lowest BCUT2D eigenvalue weighted by Gasteiger charge is -2.16. The van der Waals surface area contributed by atoms with Crippen LogP contribution in [0.5, 0.6) is 0 Å². The Kier molecular flexibility index (Phi) is 4.76. The third-order valence-corrected chi connectivity index (χ3v) is 4.44. The Hall–Kier alpha value is -3.68. The highest BCUT2D eigenvalue weighted by Crippen LogP contribution is 2.24. The molecule has 0 spiro atoms. The summed E-state index contributed by atoms with van der Waals surface area (Å²) in [5.41, 5.74) is 1.94. The predicted octanol–water partition coefficient (Wildman–Crippen LogP) is 2.27. The molecule has 0 atom stereocenters. The molecular formula is C20H18N4O4. The van der Waals surface area contributed by atoms with Crippen molar-refractivity contribution < 1.29 is 14.0 Å². The van der Waals surface area contributed by atoms with Crippen LogP contribution in [0.3, 0.4) is 0 Å². The first kappa shape index (κ1) is 17.7. The van der Waals surface area contributed by atoms with E-state index in [1.54, 1.807) is 47.4 Å². The zero-order chi connectivity index (χ0) is 19.5. The number of carbonyl (C=O) groups is 2. The molecule has 0 radical (unpaired) electrons. The molecular weight excluding hydrogens is 360 g/mol. The van der Waals surface area contributed by atoms with Gasteiger partial charge in [0.1, 0.15) is 6.54 Å². The lowest BCUT2D eigenvalue weighted by molar-refractivity contribution is -0.117. The summed E-state index contributed by atoms with van der Waals surface area (Å²) < 4.78 is 6.10. The molecule has 0 bridgehead atoms. The van der Waals surface area contributed by atoms with Gasteiger partial charge in [-0.1, -0.05) is 24.3 Å². The molecule has 2 amide bonds. The predicted molar refractivity (Wildman–Crippen MR) is 103 cm³/mol. The number of carbonyl (C=O) groups excluding carboxylic acids is 2. The van der Waals surface area contributed by atoms with E-state index in [1.165, 1.54) is 0 Å². The van der Waals surface area contributed by atoms with E-state index in [1.807, 2.05) is 12.1 Å². The van der Waals surface area contributed by atoms with Crippen LogP contribution in [0.4, 0.5) is 11.4 Å². The van der Waals surface area contributed by atoms with Crippen LogP contribution in [0.15, 0.2) is 63.8 Å². The first-order valence-electron chi connectivity index (χ1n) is 8.94. The third kappa shape index (κ3) is 3.71. The SMILES string of the molecule is O=C(Cn1nc(-c2ccccc2)oc1=O)Nc1cccc(N2CCCC2=O)c1. The van der Waals surface area contributed by atoms with Crippen molar-refractivity contribution in [2.75, 3.05) is 16.8 Å². The number of nitrogens with zero attached hydrogens (tertiary/aromatic N) is 3. The highest BCUT2D eigenvalue weighted by Gasteiger charge is 2.22. The monoisotopic (exact) mass is 378 g/mol. The quantitative estimate of drug-likeness (QED) is 0.734. The van der Waals surface area contributed by atoms with Crippen molar-refractivity contribution in [2.24, 2.45) is 0 Å². The van der Waals surface area contributed by atoms with Gasteiger partial charge in [0.2, 0.25) is 17.7 Å². The van der Waals surface area contributed by atoms with Gasteiger partial charge < -0.3 is 14.6 Å². The number of hydrogen-bond acceptors (Lipinski definition) is 5. The second-order valence-electron chi connectivity index (χ2n) is 6.44. The van der Waals surface area contributed by atoms with Gasteiger partial charge >= 0.3 is 5.76 Å². The Morgan fingerprint density at radius 3 is 2.68 bits per heavy atom. The number of amides is 2. The van der Waals surface area contributed by atoms with Gasteiger partial charge in [-0.15, -0.1) is 5.10 Å². The van der Waals surface area contributed by atoms with Crippen LogP contribution in [0.2, 0.25) is 0 Å². The Bertz CT molecular complexity index is 1070. The zero-order valence-corrected chi connectivity index (χ0v) is 15.0. The smallest absolute Gasteiger partial charge is 0.388 e. The Morgan fingerprint density at radius 1 is 1.11 bits per heavy atom. The maximum Gasteiger partial charge on any atom is 0.437 e. The van der Waals surface area contributed by atoms with Gasteiger partial charge in [0, 0.05) is 29.9 Å². The van der Waals surface area contributed by atoms with Crippen molar-refractivity contribution in [3.8, 4) is 11.5 Å². The lowest BCUT2D eigenvalue weighted by Crippen LogP contribution is -2.26. The third-order valence-electron chi connectivity index (χ3n) is 4.44. The van der Waals surface area contributed by atoms with Crippen LogP contribution >= 0.6 is 0 Å². The molecule has 1 N–H and O–H groups in total. The summed E-state index contributed by atoms with van der Waals surface area (Å²) in [6.45, 7) is 0.398. The van der Waals surface area contributed by atoms with Crippen molar-refractivity contribution >= 4 is 23.2 Å². The van der Waals surface area contributed by atoms with E-state index in [2.05, 4.69) is 10.4 Å². The van der Waals surface area contributed by atoms with Crippen molar-refractivity contribution in [1.82, 2.24) is 9.78 Å². The van der Waals surface area contributed by atoms with E-state index < -0.39 is 11.7 Å². The van der Waals surface area contributed by atoms with Crippen LogP contribution in [0.1, 0.15) is 12.8 Å².